The Labute approximate surface area is 190 Å². The van der Waals surface area contributed by atoms with Gasteiger partial charge in [-0.1, -0.05) is 25.5 Å². The Hall–Kier alpha value is -3.24. The number of carbonyl (C=O) groups excluding carboxylic acids is 1. The van der Waals surface area contributed by atoms with E-state index in [0.29, 0.717) is 18.6 Å². The number of hydrogen-bond acceptors (Lipinski definition) is 8. The number of furan rings is 1. The van der Waals surface area contributed by atoms with E-state index < -0.39 is 33.7 Å². The summed E-state index contributed by atoms with van der Waals surface area (Å²) in [6.07, 6.45) is 2.62. The van der Waals surface area contributed by atoms with Gasteiger partial charge in [-0.05, 0) is 36.2 Å². The Kier molecular flexibility index (Phi) is 7.83. The van der Waals surface area contributed by atoms with Crippen LogP contribution in [-0.4, -0.2) is 27.1 Å². The van der Waals surface area contributed by atoms with Gasteiger partial charge in [0.1, 0.15) is 23.9 Å². The lowest BCUT2D eigenvalue weighted by molar-refractivity contribution is 0.0966. The third-order valence-corrected chi connectivity index (χ3v) is 5.04. The van der Waals surface area contributed by atoms with E-state index in [-0.39, 0.29) is 29.7 Å². The standard InChI is InChI=1S/C23H23FO8S/c1-3-4-11-29-22-19(25)13-18(14-30-33(2,27)28)32-23(22)21(26)20-10-9-17(31-20)12-15-5-7-16(24)8-6-15/h5-10,13H,3-4,11-12,14H2,1-2H3. The molecule has 3 rings (SSSR count). The summed E-state index contributed by atoms with van der Waals surface area (Å²) in [6.45, 7) is 1.57. The number of carbonyl (C=O) groups is 1. The molecule has 0 amide bonds. The fraction of sp³-hybridized carbons (Fsp3) is 0.304. The van der Waals surface area contributed by atoms with Gasteiger partial charge >= 0.3 is 0 Å². The highest BCUT2D eigenvalue weighted by Crippen LogP contribution is 2.23. The van der Waals surface area contributed by atoms with Crippen molar-refractivity contribution in [1.82, 2.24) is 0 Å². The van der Waals surface area contributed by atoms with Gasteiger partial charge in [-0.3, -0.25) is 13.8 Å². The number of ether oxygens (including phenoxy) is 1. The maximum Gasteiger partial charge on any atom is 0.267 e. The number of benzene rings is 1. The first kappa shape index (κ1) is 24.4. The van der Waals surface area contributed by atoms with Gasteiger partial charge in [0.15, 0.2) is 5.76 Å². The van der Waals surface area contributed by atoms with Crippen molar-refractivity contribution in [3.8, 4) is 5.75 Å². The van der Waals surface area contributed by atoms with Gasteiger partial charge in [0, 0.05) is 12.5 Å². The summed E-state index contributed by atoms with van der Waals surface area (Å²) in [6, 6.07) is 9.88. The molecule has 0 N–H and O–H groups in total. The lowest BCUT2D eigenvalue weighted by Crippen LogP contribution is -2.16. The normalized spacial score (nSPS) is 11.5. The second-order valence-corrected chi connectivity index (χ2v) is 8.95. The Balaban J connectivity index is 1.90. The van der Waals surface area contributed by atoms with Crippen LogP contribution in [0.15, 0.2) is 56.1 Å². The zero-order valence-electron chi connectivity index (χ0n) is 18.1. The summed E-state index contributed by atoms with van der Waals surface area (Å²) < 4.78 is 56.9. The van der Waals surface area contributed by atoms with Gasteiger partial charge in [-0.2, -0.15) is 8.42 Å². The van der Waals surface area contributed by atoms with Crippen molar-refractivity contribution >= 4 is 15.9 Å². The first-order chi connectivity index (χ1) is 15.7. The number of ketones is 1. The van der Waals surface area contributed by atoms with Gasteiger partial charge in [0.2, 0.25) is 16.9 Å². The minimum atomic E-state index is -3.80. The Morgan fingerprint density at radius 1 is 1.06 bits per heavy atom. The van der Waals surface area contributed by atoms with E-state index in [1.54, 1.807) is 18.2 Å². The predicted octanol–water partition coefficient (Wildman–Crippen LogP) is 3.85. The summed E-state index contributed by atoms with van der Waals surface area (Å²) in [4.78, 5) is 25.7. The van der Waals surface area contributed by atoms with Crippen molar-refractivity contribution < 1.29 is 35.4 Å². The van der Waals surface area contributed by atoms with Gasteiger partial charge in [0.05, 0.1) is 12.9 Å². The van der Waals surface area contributed by atoms with Crippen LogP contribution in [0, 0.1) is 5.82 Å². The van der Waals surface area contributed by atoms with E-state index in [9.17, 15) is 22.4 Å². The first-order valence-corrected chi connectivity index (χ1v) is 12.0. The Morgan fingerprint density at radius 2 is 1.79 bits per heavy atom. The molecule has 0 bridgehead atoms. The highest BCUT2D eigenvalue weighted by molar-refractivity contribution is 7.85. The fourth-order valence-electron chi connectivity index (χ4n) is 2.88. The van der Waals surface area contributed by atoms with Crippen molar-refractivity contribution in [3.05, 3.63) is 87.1 Å². The topological polar surface area (TPSA) is 113 Å². The van der Waals surface area contributed by atoms with Crippen LogP contribution < -0.4 is 10.2 Å². The zero-order valence-corrected chi connectivity index (χ0v) is 18.9. The summed E-state index contributed by atoms with van der Waals surface area (Å²) in [5.74, 6) is -1.62. The second-order valence-electron chi connectivity index (χ2n) is 7.30. The van der Waals surface area contributed by atoms with E-state index in [4.69, 9.17) is 13.6 Å². The molecular weight excluding hydrogens is 455 g/mol. The molecule has 0 spiro atoms. The summed E-state index contributed by atoms with van der Waals surface area (Å²) >= 11 is 0. The number of rotatable bonds is 11. The van der Waals surface area contributed by atoms with Crippen LogP contribution >= 0.6 is 0 Å². The molecule has 0 saturated heterocycles. The van der Waals surface area contributed by atoms with Crippen LogP contribution in [0.2, 0.25) is 0 Å². The lowest BCUT2D eigenvalue weighted by Gasteiger charge is -2.10. The van der Waals surface area contributed by atoms with Gasteiger partial charge in [-0.15, -0.1) is 0 Å². The quantitative estimate of drug-likeness (QED) is 0.232. The van der Waals surface area contributed by atoms with Crippen molar-refractivity contribution in [3.63, 3.8) is 0 Å². The molecule has 10 heteroatoms. The van der Waals surface area contributed by atoms with E-state index in [1.807, 2.05) is 6.92 Å². The second kappa shape index (κ2) is 10.6. The third-order valence-electron chi connectivity index (χ3n) is 4.50. The number of halogens is 1. The van der Waals surface area contributed by atoms with Crippen molar-refractivity contribution in [1.29, 1.82) is 0 Å². The average molecular weight is 478 g/mol. The fourth-order valence-corrected chi connectivity index (χ4v) is 3.21. The molecule has 176 valence electrons. The van der Waals surface area contributed by atoms with Crippen LogP contribution in [0.25, 0.3) is 0 Å². The summed E-state index contributed by atoms with van der Waals surface area (Å²) in [5, 5.41) is 0. The Bertz CT molecular complexity index is 1270. The van der Waals surface area contributed by atoms with E-state index in [2.05, 4.69) is 4.18 Å². The van der Waals surface area contributed by atoms with Crippen molar-refractivity contribution in [2.24, 2.45) is 0 Å². The monoisotopic (exact) mass is 478 g/mol. The molecule has 0 aliphatic rings. The highest BCUT2D eigenvalue weighted by Gasteiger charge is 2.25. The van der Waals surface area contributed by atoms with Gasteiger partial charge in [0.25, 0.3) is 15.9 Å². The van der Waals surface area contributed by atoms with Gasteiger partial charge in [-0.25, -0.2) is 4.39 Å². The van der Waals surface area contributed by atoms with Crippen LogP contribution in [-0.2, 0) is 27.3 Å². The first-order valence-electron chi connectivity index (χ1n) is 10.2. The molecule has 0 aliphatic heterocycles. The van der Waals surface area contributed by atoms with Crippen molar-refractivity contribution in [2.75, 3.05) is 12.9 Å². The van der Waals surface area contributed by atoms with Crippen LogP contribution in [0.5, 0.6) is 5.75 Å². The SMILES string of the molecule is CCCCOc1c(C(=O)c2ccc(Cc3ccc(F)cc3)o2)oc(COS(C)(=O)=O)cc1=O. The van der Waals surface area contributed by atoms with Crippen LogP contribution in [0.3, 0.4) is 0 Å². The van der Waals surface area contributed by atoms with E-state index >= 15 is 0 Å². The zero-order chi connectivity index (χ0) is 24.0. The maximum absolute atomic E-state index is 13.1. The molecule has 0 atom stereocenters. The molecule has 33 heavy (non-hydrogen) atoms. The predicted molar refractivity (Wildman–Crippen MR) is 116 cm³/mol. The Morgan fingerprint density at radius 3 is 2.45 bits per heavy atom. The molecule has 0 radical (unpaired) electrons. The minimum absolute atomic E-state index is 0.100. The molecule has 2 aromatic heterocycles. The highest BCUT2D eigenvalue weighted by atomic mass is 32.2. The van der Waals surface area contributed by atoms with Crippen LogP contribution in [0.4, 0.5) is 4.39 Å². The molecule has 3 aromatic rings. The number of hydrogen-bond donors (Lipinski definition) is 0. The maximum atomic E-state index is 13.1. The molecular formula is C23H23FO8S. The molecule has 0 saturated carbocycles. The minimum Gasteiger partial charge on any atom is -0.486 e. The van der Waals surface area contributed by atoms with E-state index in [0.717, 1.165) is 24.3 Å². The third kappa shape index (κ3) is 6.87. The average Bonchev–Trinajstić information content (AvgIpc) is 3.22. The largest absolute Gasteiger partial charge is 0.486 e. The summed E-state index contributed by atoms with van der Waals surface area (Å²) in [5.41, 5.74) is 0.130. The molecule has 0 unspecified atom stereocenters. The molecule has 0 fully saturated rings. The molecule has 1 aromatic carbocycles. The summed E-state index contributed by atoms with van der Waals surface area (Å²) in [7, 11) is -3.80. The number of unbranched alkanes of at least 4 members (excludes halogenated alkanes) is 1. The van der Waals surface area contributed by atoms with Gasteiger partial charge < -0.3 is 13.6 Å². The van der Waals surface area contributed by atoms with Crippen LogP contribution in [0.1, 0.15) is 53.2 Å². The molecule has 8 nitrogen and oxygen atoms in total. The smallest absolute Gasteiger partial charge is 0.267 e. The lowest BCUT2D eigenvalue weighted by atomic mass is 10.1. The van der Waals surface area contributed by atoms with Crippen molar-refractivity contribution in [2.45, 2.75) is 32.8 Å². The molecule has 0 aliphatic carbocycles. The van der Waals surface area contributed by atoms with E-state index in [1.165, 1.54) is 18.2 Å². The molecule has 2 heterocycles.